The van der Waals surface area contributed by atoms with E-state index in [1.807, 2.05) is 41.7 Å². The van der Waals surface area contributed by atoms with Crippen LogP contribution in [-0.2, 0) is 20.6 Å². The number of ether oxygens (including phenoxy) is 3. The van der Waals surface area contributed by atoms with Gasteiger partial charge in [0.1, 0.15) is 23.2 Å². The number of carbonyl (C=O) groups is 3. The first-order chi connectivity index (χ1) is 27.0. The van der Waals surface area contributed by atoms with Crippen molar-refractivity contribution < 1.29 is 41.8 Å². The van der Waals surface area contributed by atoms with E-state index in [2.05, 4.69) is 20.9 Å². The SMILES string of the molecule is CC.CC.CCC=O.CNC1CCN(c2ccc(NC(=O)C3(C(=O)Nc4cccc(Oc5ccnc6cc(OC)c(OC)cc56)c4)CC3)cc2C(F)(F)F)CC1. The van der Waals surface area contributed by atoms with Crippen LogP contribution in [0.4, 0.5) is 30.2 Å². The van der Waals surface area contributed by atoms with E-state index in [-0.39, 0.29) is 30.3 Å². The lowest BCUT2D eigenvalue weighted by molar-refractivity contribution is -0.137. The molecule has 0 radical (unpaired) electrons. The third-order valence-electron chi connectivity index (χ3n) is 9.12. The zero-order chi connectivity index (χ0) is 41.5. The van der Waals surface area contributed by atoms with Gasteiger partial charge in [-0.3, -0.25) is 14.6 Å². The average molecular weight is 782 g/mol. The number of rotatable bonds is 11. The largest absolute Gasteiger partial charge is 0.493 e. The van der Waals surface area contributed by atoms with Crippen LogP contribution in [0.25, 0.3) is 10.9 Å². The standard InChI is InChI=1S/C35H36F3N5O5.C3H6O.2C2H6/c1-39-21-10-15-43(16-11-21)28-8-7-23(18-26(28)35(36,37)38)42-33(45)34(12-13-34)32(44)41-22-5-4-6-24(17-22)48-29-9-14-40-27-20-31(47-3)30(46-2)19-25(27)29;1-2-3-4;2*1-2/h4-9,14,17-21,39H,10-13,15-16H2,1-3H3,(H,41,44)(H,42,45);3H,2H2,1H3;2*1-2H3. The molecule has 3 N–H and O–H groups in total. The van der Waals surface area contributed by atoms with Gasteiger partial charge in [0.2, 0.25) is 11.8 Å². The van der Waals surface area contributed by atoms with Gasteiger partial charge < -0.3 is 39.9 Å². The number of aldehydes is 1. The van der Waals surface area contributed by atoms with Gasteiger partial charge in [-0.15, -0.1) is 0 Å². The number of benzene rings is 3. The Morgan fingerprint density at radius 2 is 1.46 bits per heavy atom. The highest BCUT2D eigenvalue weighted by Crippen LogP contribution is 2.48. The van der Waals surface area contributed by atoms with Crippen molar-refractivity contribution >= 4 is 46.1 Å². The number of pyridine rings is 1. The molecular formula is C42H54F3N5O6. The summed E-state index contributed by atoms with van der Waals surface area (Å²) in [5.74, 6) is 0.732. The second-order valence-electron chi connectivity index (χ2n) is 12.5. The first kappa shape index (κ1) is 45.0. The van der Waals surface area contributed by atoms with Crippen LogP contribution in [-0.4, -0.2) is 63.5 Å². The van der Waals surface area contributed by atoms with E-state index in [4.69, 9.17) is 14.2 Å². The van der Waals surface area contributed by atoms with E-state index in [0.29, 0.717) is 59.1 Å². The lowest BCUT2D eigenvalue weighted by atomic mass is 10.0. The molecule has 0 unspecified atom stereocenters. The Balaban J connectivity index is 0.000000974. The summed E-state index contributed by atoms with van der Waals surface area (Å²) < 4.78 is 59.4. The van der Waals surface area contributed by atoms with Crippen LogP contribution in [0.15, 0.2) is 66.9 Å². The molecule has 2 fully saturated rings. The van der Waals surface area contributed by atoms with E-state index < -0.39 is 29.0 Å². The molecule has 4 aromatic rings. The summed E-state index contributed by atoms with van der Waals surface area (Å²) in [6.07, 6.45) is 0.469. The molecule has 1 aromatic heterocycles. The zero-order valence-electron chi connectivity index (χ0n) is 33.4. The number of nitrogens with one attached hydrogen (secondary N) is 3. The summed E-state index contributed by atoms with van der Waals surface area (Å²) >= 11 is 0. The van der Waals surface area contributed by atoms with Crippen LogP contribution in [0.2, 0.25) is 0 Å². The average Bonchev–Trinajstić information content (AvgIpc) is 4.05. The Morgan fingerprint density at radius 3 is 2.00 bits per heavy atom. The van der Waals surface area contributed by atoms with E-state index in [1.54, 1.807) is 53.6 Å². The van der Waals surface area contributed by atoms with Crippen molar-refractivity contribution in [2.45, 2.75) is 78.9 Å². The minimum atomic E-state index is -4.63. The van der Waals surface area contributed by atoms with Crippen molar-refractivity contribution in [1.29, 1.82) is 0 Å². The van der Waals surface area contributed by atoms with E-state index in [9.17, 15) is 27.6 Å². The van der Waals surface area contributed by atoms with E-state index in [0.717, 1.165) is 25.2 Å². The number of anilines is 3. The Morgan fingerprint density at radius 1 is 0.875 bits per heavy atom. The first-order valence-corrected chi connectivity index (χ1v) is 18.9. The molecule has 2 aliphatic rings. The van der Waals surface area contributed by atoms with Gasteiger partial charge in [-0.25, -0.2) is 0 Å². The number of hydrogen-bond acceptors (Lipinski definition) is 9. The molecule has 6 rings (SSSR count). The van der Waals surface area contributed by atoms with Crippen molar-refractivity contribution in [3.05, 3.63) is 72.4 Å². The molecule has 0 bridgehead atoms. The summed E-state index contributed by atoms with van der Waals surface area (Å²) in [5, 5.41) is 9.21. The maximum atomic E-state index is 14.2. The molecular weight excluding hydrogens is 727 g/mol. The van der Waals surface area contributed by atoms with E-state index >= 15 is 0 Å². The molecule has 56 heavy (non-hydrogen) atoms. The summed E-state index contributed by atoms with van der Waals surface area (Å²) in [6.45, 7) is 10.8. The van der Waals surface area contributed by atoms with Gasteiger partial charge in [0.15, 0.2) is 11.5 Å². The second-order valence-corrected chi connectivity index (χ2v) is 12.5. The van der Waals surface area contributed by atoms with Gasteiger partial charge in [-0.1, -0.05) is 40.7 Å². The van der Waals surface area contributed by atoms with Gasteiger partial charge in [-0.05, 0) is 75.2 Å². The van der Waals surface area contributed by atoms with Crippen LogP contribution in [0.1, 0.15) is 72.3 Å². The van der Waals surface area contributed by atoms with Crippen LogP contribution in [0, 0.1) is 5.41 Å². The zero-order valence-corrected chi connectivity index (χ0v) is 33.4. The summed E-state index contributed by atoms with van der Waals surface area (Å²) in [4.78, 5) is 42.0. The van der Waals surface area contributed by atoms with Crippen molar-refractivity contribution in [2.75, 3.05) is 49.9 Å². The molecule has 2 amide bonds. The Bertz CT molecular complexity index is 1910. The van der Waals surface area contributed by atoms with Gasteiger partial charge in [0.25, 0.3) is 0 Å². The third-order valence-corrected chi connectivity index (χ3v) is 9.12. The summed E-state index contributed by atoms with van der Waals surface area (Å²) in [5.41, 5.74) is -1.15. The fourth-order valence-corrected chi connectivity index (χ4v) is 6.01. The number of methoxy groups -OCH3 is 2. The van der Waals surface area contributed by atoms with Crippen LogP contribution in [0.3, 0.4) is 0 Å². The van der Waals surface area contributed by atoms with Gasteiger partial charge in [0.05, 0.1) is 25.3 Å². The van der Waals surface area contributed by atoms with Gasteiger partial charge >= 0.3 is 6.18 Å². The van der Waals surface area contributed by atoms with Crippen molar-refractivity contribution in [1.82, 2.24) is 10.3 Å². The Labute approximate surface area is 327 Å². The van der Waals surface area contributed by atoms with Gasteiger partial charge in [0, 0.05) is 66.3 Å². The third kappa shape index (κ3) is 11.1. The van der Waals surface area contributed by atoms with Crippen molar-refractivity contribution in [3.63, 3.8) is 0 Å². The number of piperidine rings is 1. The molecule has 14 heteroatoms. The molecule has 11 nitrogen and oxygen atoms in total. The molecule has 3 aromatic carbocycles. The second kappa shape index (κ2) is 21.1. The summed E-state index contributed by atoms with van der Waals surface area (Å²) in [6, 6.07) is 15.9. The molecule has 0 spiro atoms. The molecule has 1 aliphatic heterocycles. The fourth-order valence-electron chi connectivity index (χ4n) is 6.01. The Kier molecular flexibility index (Phi) is 16.9. The normalized spacial score (nSPS) is 14.3. The molecule has 1 aliphatic carbocycles. The molecule has 1 saturated heterocycles. The number of nitrogens with zero attached hydrogens (tertiary/aromatic N) is 2. The van der Waals surface area contributed by atoms with Crippen LogP contribution in [0.5, 0.6) is 23.0 Å². The van der Waals surface area contributed by atoms with Crippen LogP contribution >= 0.6 is 0 Å². The highest BCUT2D eigenvalue weighted by atomic mass is 19.4. The Hall–Kier alpha value is -5.37. The predicted octanol–water partition coefficient (Wildman–Crippen LogP) is 9.26. The number of halogens is 3. The lowest BCUT2D eigenvalue weighted by Crippen LogP contribution is -2.41. The minimum Gasteiger partial charge on any atom is -0.493 e. The molecule has 2 heterocycles. The smallest absolute Gasteiger partial charge is 0.418 e. The number of alkyl halides is 3. The summed E-state index contributed by atoms with van der Waals surface area (Å²) in [7, 11) is 4.92. The maximum Gasteiger partial charge on any atom is 0.418 e. The first-order valence-electron chi connectivity index (χ1n) is 18.9. The number of fused-ring (bicyclic) bond motifs is 1. The van der Waals surface area contributed by atoms with Crippen molar-refractivity contribution in [2.24, 2.45) is 5.41 Å². The molecule has 304 valence electrons. The van der Waals surface area contributed by atoms with E-state index in [1.165, 1.54) is 26.4 Å². The number of hydrogen-bond donors (Lipinski definition) is 3. The van der Waals surface area contributed by atoms with Crippen LogP contribution < -0.4 is 35.1 Å². The highest BCUT2D eigenvalue weighted by Gasteiger charge is 2.56. The van der Waals surface area contributed by atoms with Crippen molar-refractivity contribution in [3.8, 4) is 23.0 Å². The molecule has 1 saturated carbocycles. The molecule has 0 atom stereocenters. The maximum absolute atomic E-state index is 14.2. The quantitative estimate of drug-likeness (QED) is 0.101. The lowest BCUT2D eigenvalue weighted by Gasteiger charge is -2.35. The number of aromatic nitrogens is 1. The monoisotopic (exact) mass is 781 g/mol. The number of carbonyl (C=O) groups excluding carboxylic acids is 3. The number of amides is 2. The van der Waals surface area contributed by atoms with Gasteiger partial charge in [-0.2, -0.15) is 13.2 Å². The fraction of sp³-hybridized carbons (Fsp3) is 0.429. The topological polar surface area (TPSA) is 131 Å². The minimum absolute atomic E-state index is 0.0190. The predicted molar refractivity (Wildman–Crippen MR) is 215 cm³/mol. The highest BCUT2D eigenvalue weighted by molar-refractivity contribution is 6.17.